The monoisotopic (exact) mass is 760 g/mol. The lowest BCUT2D eigenvalue weighted by Crippen LogP contribution is -2.27. The van der Waals surface area contributed by atoms with Gasteiger partial charge in [0.2, 0.25) is 12.8 Å². The van der Waals surface area contributed by atoms with Crippen molar-refractivity contribution in [2.45, 2.75) is 146 Å². The average molecular weight is 760 g/mol. The Labute approximate surface area is 324 Å². The minimum absolute atomic E-state index is 0.156. The molecule has 1 aliphatic carbocycles. The molecule has 3 fully saturated rings. The van der Waals surface area contributed by atoms with Crippen LogP contribution in [0.3, 0.4) is 0 Å². The van der Waals surface area contributed by atoms with Crippen LogP contribution in [0.1, 0.15) is 138 Å². The number of carbonyl (C=O) groups excluding carboxylic acids is 2. The molecule has 306 valence electrons. The summed E-state index contributed by atoms with van der Waals surface area (Å²) in [6.45, 7) is 25.9. The molecule has 3 heterocycles. The van der Waals surface area contributed by atoms with Gasteiger partial charge in [0.25, 0.3) is 5.92 Å². The number of allylic oxidation sites excluding steroid dienone is 2. The summed E-state index contributed by atoms with van der Waals surface area (Å²) in [5, 5.41) is 23.0. The molecule has 0 spiro atoms. The smallest absolute Gasteiger partial charge is 0.256 e. The molecule has 0 unspecified atom stereocenters. The Morgan fingerprint density at radius 3 is 2.17 bits per heavy atom. The summed E-state index contributed by atoms with van der Waals surface area (Å²) in [6.07, 6.45) is 12.7. The molecular formula is C42H71F2N7O3. The van der Waals surface area contributed by atoms with Crippen LogP contribution in [0.25, 0.3) is 5.57 Å². The van der Waals surface area contributed by atoms with Crippen LogP contribution in [0.2, 0.25) is 0 Å². The van der Waals surface area contributed by atoms with Gasteiger partial charge >= 0.3 is 0 Å². The fraction of sp³-hybridized carbons (Fsp3) is 0.690. The number of halogens is 2. The van der Waals surface area contributed by atoms with Crippen molar-refractivity contribution < 1.29 is 23.5 Å². The van der Waals surface area contributed by atoms with E-state index in [1.807, 2.05) is 61.5 Å². The number of amides is 2. The Morgan fingerprint density at radius 2 is 1.74 bits per heavy atom. The molecule has 2 saturated heterocycles. The number of aliphatic imine (C=N–C) groups is 1. The van der Waals surface area contributed by atoms with Crippen molar-refractivity contribution in [2.24, 2.45) is 21.7 Å². The van der Waals surface area contributed by atoms with Crippen LogP contribution >= 0.6 is 0 Å². The number of aryl methyl sites for hydroxylation is 1. The Kier molecular flexibility index (Phi) is 21.6. The number of aliphatic hydroxyl groups is 1. The largest absolute Gasteiger partial charge is 0.396 e. The topological polar surface area (TPSA) is 125 Å². The maximum atomic E-state index is 12.0. The van der Waals surface area contributed by atoms with Gasteiger partial charge in [0.15, 0.2) is 0 Å². The second-order valence-electron chi connectivity index (χ2n) is 15.7. The molecule has 3 aliphatic rings. The number of likely N-dealkylation sites (tertiary alicyclic amines) is 1. The van der Waals surface area contributed by atoms with Gasteiger partial charge in [0, 0.05) is 43.7 Å². The van der Waals surface area contributed by atoms with E-state index in [1.165, 1.54) is 52.1 Å². The zero-order valence-electron chi connectivity index (χ0n) is 35.1. The van der Waals surface area contributed by atoms with Crippen molar-refractivity contribution in [1.29, 1.82) is 0 Å². The molecule has 12 heteroatoms. The van der Waals surface area contributed by atoms with E-state index in [2.05, 4.69) is 73.7 Å². The van der Waals surface area contributed by atoms with E-state index < -0.39 is 17.9 Å². The predicted octanol–water partition coefficient (Wildman–Crippen LogP) is 8.27. The highest BCUT2D eigenvalue weighted by molar-refractivity contribution is 5.69. The Morgan fingerprint density at radius 1 is 1.13 bits per heavy atom. The number of piperidine rings is 1. The first kappa shape index (κ1) is 48.5. The summed E-state index contributed by atoms with van der Waals surface area (Å²) < 4.78 is 26.1. The zero-order valence-corrected chi connectivity index (χ0v) is 35.1. The number of hydrogen-bond donors (Lipinski definition) is 3. The number of hydrogen-bond acceptors (Lipinski definition) is 7. The third kappa shape index (κ3) is 16.5. The first-order chi connectivity index (χ1) is 25.5. The van der Waals surface area contributed by atoms with Crippen molar-refractivity contribution in [1.82, 2.24) is 30.5 Å². The minimum Gasteiger partial charge on any atom is -0.396 e. The molecule has 2 aliphatic heterocycles. The van der Waals surface area contributed by atoms with Gasteiger partial charge in [-0.25, -0.2) is 13.5 Å². The lowest BCUT2D eigenvalue weighted by Gasteiger charge is -2.26. The third-order valence-corrected chi connectivity index (χ3v) is 10.6. The molecule has 54 heavy (non-hydrogen) atoms. The van der Waals surface area contributed by atoms with Crippen LogP contribution in [-0.4, -0.2) is 82.2 Å². The Hall–Kier alpha value is -3.51. The van der Waals surface area contributed by atoms with E-state index in [4.69, 9.17) is 5.11 Å². The lowest BCUT2D eigenvalue weighted by atomic mass is 9.88. The molecule has 3 atom stereocenters. The van der Waals surface area contributed by atoms with Crippen molar-refractivity contribution >= 4 is 24.6 Å². The number of alkyl halides is 2. The van der Waals surface area contributed by atoms with Gasteiger partial charge in [-0.3, -0.25) is 14.6 Å². The summed E-state index contributed by atoms with van der Waals surface area (Å²) in [4.78, 5) is 26.4. The molecule has 1 saturated carbocycles. The highest BCUT2D eigenvalue weighted by atomic mass is 19.3. The van der Waals surface area contributed by atoms with E-state index in [0.717, 1.165) is 53.4 Å². The molecule has 0 bridgehead atoms. The van der Waals surface area contributed by atoms with E-state index in [1.54, 1.807) is 6.21 Å². The highest BCUT2D eigenvalue weighted by Crippen LogP contribution is 2.59. The van der Waals surface area contributed by atoms with Gasteiger partial charge in [0.1, 0.15) is 0 Å². The van der Waals surface area contributed by atoms with Crippen molar-refractivity contribution in [3.05, 3.63) is 53.0 Å². The predicted molar refractivity (Wildman–Crippen MR) is 217 cm³/mol. The summed E-state index contributed by atoms with van der Waals surface area (Å²) in [5.74, 6) is -1.73. The van der Waals surface area contributed by atoms with E-state index >= 15 is 0 Å². The Bertz CT molecular complexity index is 1420. The zero-order chi connectivity index (χ0) is 41.0. The molecule has 1 aromatic heterocycles. The first-order valence-electron chi connectivity index (χ1n) is 19.8. The normalized spacial score (nSPS) is 21.4. The third-order valence-electron chi connectivity index (χ3n) is 10.6. The molecule has 3 N–H and O–H groups in total. The number of aliphatic hydroxyl groups excluding tert-OH is 1. The molecular weight excluding hydrogens is 689 g/mol. The number of aromatic nitrogens is 3. The number of benzene rings is 1. The second-order valence-corrected chi connectivity index (χ2v) is 15.7. The summed E-state index contributed by atoms with van der Waals surface area (Å²) in [5.41, 5.74) is 4.71. The number of nitrogens with zero attached hydrogens (tertiary/aromatic N) is 5. The molecule has 2 amide bonds. The minimum atomic E-state index is -2.60. The average Bonchev–Trinajstić information content (AvgIpc) is 3.54. The lowest BCUT2D eigenvalue weighted by molar-refractivity contribution is -0.118. The van der Waals surface area contributed by atoms with Crippen molar-refractivity contribution in [2.75, 3.05) is 26.2 Å². The SMILES string of the molecule is CC.CC=N/C(C)=C(\C)c1ccc(CNC=O)cc1.C[C@@H](n1cc(CCC2CCNCC2)nn1)C(C)(C)C.C[C@@H]1CCCN1C=O.C[C@@]1(CO)CC1(F)F. The van der Waals surface area contributed by atoms with E-state index in [0.29, 0.717) is 25.0 Å². The molecule has 5 rings (SSSR count). The second kappa shape index (κ2) is 24.1. The number of nitrogens with one attached hydrogen (secondary N) is 2. The molecule has 1 aromatic carbocycles. The molecule has 2 aromatic rings. The molecule has 10 nitrogen and oxygen atoms in total. The van der Waals surface area contributed by atoms with Crippen LogP contribution in [0.4, 0.5) is 8.78 Å². The number of carbonyl (C=O) groups is 2. The van der Waals surface area contributed by atoms with Crippen LogP contribution in [0, 0.1) is 16.7 Å². The maximum Gasteiger partial charge on any atom is 0.256 e. The summed E-state index contributed by atoms with van der Waals surface area (Å²) >= 11 is 0. The van der Waals surface area contributed by atoms with Crippen molar-refractivity contribution in [3.63, 3.8) is 0 Å². The fourth-order valence-electron chi connectivity index (χ4n) is 5.80. The first-order valence-corrected chi connectivity index (χ1v) is 19.8. The quantitative estimate of drug-likeness (QED) is 0.157. The van der Waals surface area contributed by atoms with E-state index in [-0.39, 0.29) is 11.8 Å². The maximum absolute atomic E-state index is 12.0. The van der Waals surface area contributed by atoms with Gasteiger partial charge in [-0.05, 0) is 114 Å². The van der Waals surface area contributed by atoms with Gasteiger partial charge in [-0.1, -0.05) is 71.0 Å². The standard InChI is InChI=1S/C15H28N4.C14H18N2O.C6H11NO.C5H8F2O.C2H6/c1-12(15(2,3)4)19-11-14(17-18-19)6-5-13-7-9-16-10-8-13;1-4-16-12(3)11(2)14-7-5-13(6-8-14)9-15-10-17;1-6-3-2-4-7(6)5-8;1-4(3-8)2-5(4,6)7;1-2/h11-13,16H,5-10H2,1-4H3;4-8,10H,9H2,1-3H3,(H,15,17);5-6H,2-4H2,1H3;8H,2-3H2,1H3;1-2H3/b;12-11+,16-4?;;;/t12-;;6-;4-;/m1.10./s1. The summed E-state index contributed by atoms with van der Waals surface area (Å²) in [6, 6.07) is 8.99. The van der Waals surface area contributed by atoms with Crippen LogP contribution < -0.4 is 10.6 Å². The highest BCUT2D eigenvalue weighted by Gasteiger charge is 2.67. The van der Waals surface area contributed by atoms with Gasteiger partial charge in [-0.2, -0.15) is 0 Å². The van der Waals surface area contributed by atoms with Gasteiger partial charge in [0.05, 0.1) is 23.8 Å². The molecule has 0 radical (unpaired) electrons. The Balaban J connectivity index is 0.000000377. The summed E-state index contributed by atoms with van der Waals surface area (Å²) in [7, 11) is 0. The van der Waals surface area contributed by atoms with Gasteiger partial charge < -0.3 is 20.6 Å². The van der Waals surface area contributed by atoms with Gasteiger partial charge in [-0.15, -0.1) is 5.10 Å². The van der Waals surface area contributed by atoms with Crippen LogP contribution in [0.5, 0.6) is 0 Å². The van der Waals surface area contributed by atoms with E-state index in [9.17, 15) is 18.4 Å². The number of rotatable bonds is 11. The fourth-order valence-corrected chi connectivity index (χ4v) is 5.80. The van der Waals surface area contributed by atoms with Crippen molar-refractivity contribution in [3.8, 4) is 0 Å². The van der Waals surface area contributed by atoms with Crippen LogP contribution in [-0.2, 0) is 22.6 Å². The van der Waals surface area contributed by atoms with Crippen LogP contribution in [0.15, 0.2) is 41.2 Å².